The molecule has 1 aromatic carbocycles. The Morgan fingerprint density at radius 1 is 1.24 bits per heavy atom. The molecule has 0 spiro atoms. The Labute approximate surface area is 130 Å². The summed E-state index contributed by atoms with van der Waals surface area (Å²) in [7, 11) is 0. The van der Waals surface area contributed by atoms with Crippen LogP contribution in [0.5, 0.6) is 0 Å². The van der Waals surface area contributed by atoms with Crippen LogP contribution in [0.4, 0.5) is 0 Å². The van der Waals surface area contributed by atoms with E-state index in [1.165, 1.54) is 24.0 Å². The van der Waals surface area contributed by atoms with Crippen LogP contribution in [0.1, 0.15) is 57.6 Å². The molecule has 2 N–H and O–H groups in total. The van der Waals surface area contributed by atoms with Gasteiger partial charge >= 0.3 is 0 Å². The average molecular weight is 289 g/mol. The lowest BCUT2D eigenvalue weighted by Gasteiger charge is -2.39. The maximum Gasteiger partial charge on any atom is 0.0613 e. The lowest BCUT2D eigenvalue weighted by Crippen LogP contribution is -2.51. The summed E-state index contributed by atoms with van der Waals surface area (Å²) in [6, 6.07) is 8.93. The molecule has 0 aromatic heterocycles. The molecular formula is C19H31NO. The second-order valence-corrected chi connectivity index (χ2v) is 7.41. The fourth-order valence-corrected chi connectivity index (χ4v) is 3.57. The molecule has 1 aromatic rings. The quantitative estimate of drug-likeness (QED) is 0.832. The lowest BCUT2D eigenvalue weighted by atomic mass is 9.77. The Hall–Kier alpha value is -0.860. The highest BCUT2D eigenvalue weighted by Gasteiger charge is 2.33. The zero-order valence-corrected chi connectivity index (χ0v) is 13.9. The van der Waals surface area contributed by atoms with Crippen molar-refractivity contribution in [3.63, 3.8) is 0 Å². The zero-order valence-electron chi connectivity index (χ0n) is 13.9. The number of aliphatic hydroxyl groups is 1. The Balaban J connectivity index is 1.92. The highest BCUT2D eigenvalue weighted by Crippen LogP contribution is 2.32. The SMILES string of the molecule is CC(C)Cc1ccc(CNC2(CO)CCCC(C)C2)cc1. The third-order valence-corrected chi connectivity index (χ3v) is 4.73. The van der Waals surface area contributed by atoms with Crippen molar-refractivity contribution >= 4 is 0 Å². The molecule has 2 rings (SSSR count). The fraction of sp³-hybridized carbons (Fsp3) is 0.684. The topological polar surface area (TPSA) is 32.3 Å². The van der Waals surface area contributed by atoms with E-state index in [0.29, 0.717) is 11.8 Å². The van der Waals surface area contributed by atoms with Gasteiger partial charge in [0.25, 0.3) is 0 Å². The van der Waals surface area contributed by atoms with Crippen molar-refractivity contribution < 1.29 is 5.11 Å². The van der Waals surface area contributed by atoms with Crippen molar-refractivity contribution in [1.29, 1.82) is 0 Å². The summed E-state index contributed by atoms with van der Waals surface area (Å²) in [5.41, 5.74) is 2.67. The maximum absolute atomic E-state index is 9.82. The van der Waals surface area contributed by atoms with Crippen LogP contribution < -0.4 is 5.32 Å². The molecule has 0 radical (unpaired) electrons. The predicted octanol–water partition coefficient (Wildman–Crippen LogP) is 3.92. The molecule has 0 aliphatic heterocycles. The van der Waals surface area contributed by atoms with Crippen LogP contribution in [0.25, 0.3) is 0 Å². The minimum atomic E-state index is -0.0612. The van der Waals surface area contributed by atoms with Gasteiger partial charge in [-0.05, 0) is 42.2 Å². The number of benzene rings is 1. The number of hydrogen-bond donors (Lipinski definition) is 2. The molecule has 0 bridgehead atoms. The van der Waals surface area contributed by atoms with Crippen LogP contribution in [0.3, 0.4) is 0 Å². The summed E-state index contributed by atoms with van der Waals surface area (Å²) >= 11 is 0. The summed E-state index contributed by atoms with van der Waals surface area (Å²) in [6.45, 7) is 7.92. The summed E-state index contributed by atoms with van der Waals surface area (Å²) in [5.74, 6) is 1.42. The molecule has 2 nitrogen and oxygen atoms in total. The minimum Gasteiger partial charge on any atom is -0.394 e. The van der Waals surface area contributed by atoms with Crippen LogP contribution in [-0.4, -0.2) is 17.3 Å². The van der Waals surface area contributed by atoms with E-state index < -0.39 is 0 Å². The monoisotopic (exact) mass is 289 g/mol. The molecule has 0 heterocycles. The Bertz CT molecular complexity index is 426. The third kappa shape index (κ3) is 4.82. The van der Waals surface area contributed by atoms with Crippen molar-refractivity contribution in [3.05, 3.63) is 35.4 Å². The number of nitrogens with one attached hydrogen (secondary N) is 1. The second-order valence-electron chi connectivity index (χ2n) is 7.41. The predicted molar refractivity (Wildman–Crippen MR) is 89.3 cm³/mol. The van der Waals surface area contributed by atoms with Gasteiger partial charge in [0.1, 0.15) is 0 Å². The number of aliphatic hydroxyl groups excluding tert-OH is 1. The molecule has 0 amide bonds. The van der Waals surface area contributed by atoms with E-state index >= 15 is 0 Å². The largest absolute Gasteiger partial charge is 0.394 e. The minimum absolute atomic E-state index is 0.0612. The summed E-state index contributed by atoms with van der Waals surface area (Å²) in [5, 5.41) is 13.5. The first-order chi connectivity index (χ1) is 10.0. The van der Waals surface area contributed by atoms with Gasteiger partial charge in [-0.2, -0.15) is 0 Å². The van der Waals surface area contributed by atoms with E-state index in [2.05, 4.69) is 50.4 Å². The van der Waals surface area contributed by atoms with Gasteiger partial charge in [0.05, 0.1) is 6.61 Å². The molecule has 1 fully saturated rings. The Kier molecular flexibility index (Phi) is 5.83. The Morgan fingerprint density at radius 3 is 2.48 bits per heavy atom. The van der Waals surface area contributed by atoms with Gasteiger partial charge in [0.2, 0.25) is 0 Å². The smallest absolute Gasteiger partial charge is 0.0613 e. The second kappa shape index (κ2) is 7.42. The summed E-state index contributed by atoms with van der Waals surface area (Å²) < 4.78 is 0. The fourth-order valence-electron chi connectivity index (χ4n) is 3.57. The normalized spacial score (nSPS) is 26.2. The van der Waals surface area contributed by atoms with E-state index in [1.54, 1.807) is 0 Å². The number of rotatable bonds is 6. The molecule has 2 unspecified atom stereocenters. The Morgan fingerprint density at radius 2 is 1.90 bits per heavy atom. The van der Waals surface area contributed by atoms with Crippen molar-refractivity contribution in [3.8, 4) is 0 Å². The molecule has 1 saturated carbocycles. The van der Waals surface area contributed by atoms with E-state index in [4.69, 9.17) is 0 Å². The molecule has 2 heteroatoms. The average Bonchev–Trinajstić information content (AvgIpc) is 2.46. The van der Waals surface area contributed by atoms with E-state index in [0.717, 1.165) is 25.8 Å². The van der Waals surface area contributed by atoms with Crippen molar-refractivity contribution in [2.75, 3.05) is 6.61 Å². The highest BCUT2D eigenvalue weighted by molar-refractivity contribution is 5.23. The molecule has 0 saturated heterocycles. The standard InChI is InChI=1S/C19H31NO/c1-15(2)11-17-6-8-18(9-7-17)13-20-19(14-21)10-4-5-16(3)12-19/h6-9,15-16,20-21H,4-5,10-14H2,1-3H3. The lowest BCUT2D eigenvalue weighted by molar-refractivity contribution is 0.0982. The van der Waals surface area contributed by atoms with Crippen LogP contribution in [0.2, 0.25) is 0 Å². The van der Waals surface area contributed by atoms with E-state index in [9.17, 15) is 5.11 Å². The highest BCUT2D eigenvalue weighted by atomic mass is 16.3. The van der Waals surface area contributed by atoms with Gasteiger partial charge in [-0.3, -0.25) is 0 Å². The first-order valence-electron chi connectivity index (χ1n) is 8.47. The molecule has 2 atom stereocenters. The molecule has 118 valence electrons. The van der Waals surface area contributed by atoms with Crippen LogP contribution >= 0.6 is 0 Å². The van der Waals surface area contributed by atoms with Gasteiger partial charge in [-0.1, -0.05) is 57.9 Å². The van der Waals surface area contributed by atoms with Gasteiger partial charge in [-0.15, -0.1) is 0 Å². The molecule has 1 aliphatic carbocycles. The first-order valence-corrected chi connectivity index (χ1v) is 8.47. The van der Waals surface area contributed by atoms with Crippen molar-refractivity contribution in [1.82, 2.24) is 5.32 Å². The van der Waals surface area contributed by atoms with Crippen LogP contribution in [-0.2, 0) is 13.0 Å². The zero-order chi connectivity index (χ0) is 15.3. The molecule has 1 aliphatic rings. The van der Waals surface area contributed by atoms with Gasteiger partial charge < -0.3 is 10.4 Å². The first kappa shape index (κ1) is 16.5. The van der Waals surface area contributed by atoms with Crippen molar-refractivity contribution in [2.24, 2.45) is 11.8 Å². The number of hydrogen-bond acceptors (Lipinski definition) is 2. The van der Waals surface area contributed by atoms with E-state index in [1.807, 2.05) is 0 Å². The van der Waals surface area contributed by atoms with Crippen LogP contribution in [0, 0.1) is 11.8 Å². The summed E-state index contributed by atoms with van der Waals surface area (Å²) in [4.78, 5) is 0. The van der Waals surface area contributed by atoms with E-state index in [-0.39, 0.29) is 12.1 Å². The third-order valence-electron chi connectivity index (χ3n) is 4.73. The van der Waals surface area contributed by atoms with Gasteiger partial charge in [0, 0.05) is 12.1 Å². The van der Waals surface area contributed by atoms with Crippen molar-refractivity contribution in [2.45, 2.75) is 65.0 Å². The van der Waals surface area contributed by atoms with Crippen LogP contribution in [0.15, 0.2) is 24.3 Å². The molecular weight excluding hydrogens is 258 g/mol. The summed E-state index contributed by atoms with van der Waals surface area (Å²) in [6.07, 6.45) is 5.86. The molecule has 21 heavy (non-hydrogen) atoms. The van der Waals surface area contributed by atoms with Gasteiger partial charge in [-0.25, -0.2) is 0 Å². The maximum atomic E-state index is 9.82. The van der Waals surface area contributed by atoms with Gasteiger partial charge in [0.15, 0.2) is 0 Å².